The number of hydrogen-bond acceptors (Lipinski definition) is 4. The highest BCUT2D eigenvalue weighted by Crippen LogP contribution is 2.34. The smallest absolute Gasteiger partial charge is 0.238 e. The number of carbonyl (C=O) groups is 1. The monoisotopic (exact) mass is 388 g/mol. The van der Waals surface area contributed by atoms with Gasteiger partial charge in [-0.15, -0.1) is 0 Å². The Bertz CT molecular complexity index is 1020. The van der Waals surface area contributed by atoms with E-state index in [0.717, 1.165) is 11.1 Å². The summed E-state index contributed by atoms with van der Waals surface area (Å²) in [7, 11) is 0. The second-order valence-corrected chi connectivity index (χ2v) is 7.18. The highest BCUT2D eigenvalue weighted by molar-refractivity contribution is 5.92. The molecule has 1 amide bonds. The fraction of sp³-hybridized carbons (Fsp3) is 0.208. The van der Waals surface area contributed by atoms with Crippen LogP contribution in [-0.2, 0) is 4.79 Å². The van der Waals surface area contributed by atoms with Crippen molar-refractivity contribution in [2.24, 2.45) is 0 Å². The lowest BCUT2D eigenvalue weighted by Crippen LogP contribution is -2.32. The molecular weight excluding hydrogens is 364 g/mol. The lowest BCUT2D eigenvalue weighted by molar-refractivity contribution is -0.115. The van der Waals surface area contributed by atoms with Crippen LogP contribution in [0.1, 0.15) is 28.3 Å². The van der Waals surface area contributed by atoms with E-state index in [1.807, 2.05) is 24.3 Å². The number of amides is 1. The van der Waals surface area contributed by atoms with Crippen molar-refractivity contribution in [1.29, 1.82) is 0 Å². The molecule has 3 aromatic carbocycles. The standard InChI is InChI=1S/C24H24N2O3/c1-16-8-9-19(12-17(16)2)24(18-6-4-3-5-7-18)25-14-23(27)26-20-10-11-21-22(13-20)29-15-28-21/h3-13,24-25H,14-15H2,1-2H3,(H,26,27). The maximum atomic E-state index is 12.6. The number of ether oxygens (including phenoxy) is 2. The van der Waals surface area contributed by atoms with Crippen LogP contribution in [0.3, 0.4) is 0 Å². The van der Waals surface area contributed by atoms with Crippen molar-refractivity contribution in [3.8, 4) is 11.5 Å². The molecule has 3 aromatic rings. The summed E-state index contributed by atoms with van der Waals surface area (Å²) in [5.41, 5.74) is 5.42. The molecule has 29 heavy (non-hydrogen) atoms. The molecule has 148 valence electrons. The zero-order valence-electron chi connectivity index (χ0n) is 16.6. The molecule has 0 bridgehead atoms. The van der Waals surface area contributed by atoms with Gasteiger partial charge >= 0.3 is 0 Å². The molecule has 1 atom stereocenters. The summed E-state index contributed by atoms with van der Waals surface area (Å²) in [5.74, 6) is 1.22. The van der Waals surface area contributed by atoms with Gasteiger partial charge in [-0.2, -0.15) is 0 Å². The van der Waals surface area contributed by atoms with E-state index in [-0.39, 0.29) is 25.3 Å². The minimum absolute atomic E-state index is 0.0713. The van der Waals surface area contributed by atoms with Crippen molar-refractivity contribution in [1.82, 2.24) is 5.32 Å². The SMILES string of the molecule is Cc1ccc(C(NCC(=O)Nc2ccc3c(c2)OCO3)c2ccccc2)cc1C. The molecule has 1 unspecified atom stereocenters. The summed E-state index contributed by atoms with van der Waals surface area (Å²) in [6.45, 7) is 4.60. The number of anilines is 1. The lowest BCUT2D eigenvalue weighted by atomic mass is 9.95. The van der Waals surface area contributed by atoms with Gasteiger partial charge < -0.3 is 14.8 Å². The van der Waals surface area contributed by atoms with Crippen molar-refractivity contribution in [2.45, 2.75) is 19.9 Å². The fourth-order valence-corrected chi connectivity index (χ4v) is 3.39. The third-order valence-electron chi connectivity index (χ3n) is 5.12. The number of fused-ring (bicyclic) bond motifs is 1. The third kappa shape index (κ3) is 4.41. The van der Waals surface area contributed by atoms with Gasteiger partial charge in [0.1, 0.15) is 0 Å². The number of carbonyl (C=O) groups excluding carboxylic acids is 1. The molecule has 2 N–H and O–H groups in total. The normalized spacial score (nSPS) is 13.2. The topological polar surface area (TPSA) is 59.6 Å². The molecule has 0 saturated carbocycles. The molecule has 0 spiro atoms. The van der Waals surface area contributed by atoms with E-state index in [0.29, 0.717) is 17.2 Å². The Kier molecular flexibility index (Phi) is 5.49. The van der Waals surface area contributed by atoms with Crippen molar-refractivity contribution in [3.63, 3.8) is 0 Å². The molecule has 0 aromatic heterocycles. The first kappa shape index (κ1) is 19.0. The lowest BCUT2D eigenvalue weighted by Gasteiger charge is -2.21. The van der Waals surface area contributed by atoms with Crippen molar-refractivity contribution in [2.75, 3.05) is 18.7 Å². The zero-order valence-corrected chi connectivity index (χ0v) is 16.6. The van der Waals surface area contributed by atoms with Gasteiger partial charge in [-0.25, -0.2) is 0 Å². The van der Waals surface area contributed by atoms with Crippen molar-refractivity contribution in [3.05, 3.63) is 89.0 Å². The van der Waals surface area contributed by atoms with Gasteiger partial charge in [-0.3, -0.25) is 10.1 Å². The summed E-state index contributed by atoms with van der Waals surface area (Å²) in [5, 5.41) is 6.32. The van der Waals surface area contributed by atoms with Crippen LogP contribution >= 0.6 is 0 Å². The number of hydrogen-bond donors (Lipinski definition) is 2. The van der Waals surface area contributed by atoms with Crippen LogP contribution in [0.2, 0.25) is 0 Å². The first-order valence-electron chi connectivity index (χ1n) is 9.65. The van der Waals surface area contributed by atoms with Gasteiger partial charge in [-0.1, -0.05) is 48.5 Å². The maximum absolute atomic E-state index is 12.6. The summed E-state index contributed by atoms with van der Waals surface area (Å²) in [4.78, 5) is 12.6. The first-order chi connectivity index (χ1) is 14.1. The Morgan fingerprint density at radius 1 is 0.897 bits per heavy atom. The zero-order chi connectivity index (χ0) is 20.2. The van der Waals surface area contributed by atoms with E-state index >= 15 is 0 Å². The van der Waals surface area contributed by atoms with Gasteiger partial charge in [0.15, 0.2) is 11.5 Å². The van der Waals surface area contributed by atoms with Crippen LogP contribution in [0.25, 0.3) is 0 Å². The predicted octanol–water partition coefficient (Wildman–Crippen LogP) is 4.35. The molecule has 0 saturated heterocycles. The van der Waals surface area contributed by atoms with E-state index in [9.17, 15) is 4.79 Å². The number of benzene rings is 3. The number of aryl methyl sites for hydroxylation is 2. The number of nitrogens with one attached hydrogen (secondary N) is 2. The van der Waals surface area contributed by atoms with E-state index in [2.05, 4.69) is 54.8 Å². The van der Waals surface area contributed by atoms with E-state index in [1.165, 1.54) is 11.1 Å². The van der Waals surface area contributed by atoms with Crippen LogP contribution in [0.5, 0.6) is 11.5 Å². The Balaban J connectivity index is 1.47. The largest absolute Gasteiger partial charge is 0.454 e. The first-order valence-corrected chi connectivity index (χ1v) is 9.65. The summed E-state index contributed by atoms with van der Waals surface area (Å²) >= 11 is 0. The molecule has 0 aliphatic carbocycles. The average molecular weight is 388 g/mol. The van der Waals surface area contributed by atoms with Gasteiger partial charge in [0.25, 0.3) is 0 Å². The third-order valence-corrected chi connectivity index (χ3v) is 5.12. The molecule has 1 aliphatic heterocycles. The molecule has 5 heteroatoms. The van der Waals surface area contributed by atoms with Crippen LogP contribution < -0.4 is 20.1 Å². The Morgan fingerprint density at radius 3 is 2.48 bits per heavy atom. The van der Waals surface area contributed by atoms with Gasteiger partial charge in [0, 0.05) is 11.8 Å². The Hall–Kier alpha value is -3.31. The molecule has 0 radical (unpaired) electrons. The van der Waals surface area contributed by atoms with Crippen molar-refractivity contribution >= 4 is 11.6 Å². The summed E-state index contributed by atoms with van der Waals surface area (Å²) in [6.07, 6.45) is 0. The molecule has 1 heterocycles. The van der Waals surface area contributed by atoms with Crippen LogP contribution in [0.15, 0.2) is 66.7 Å². The molecular formula is C24H24N2O3. The van der Waals surface area contributed by atoms with Crippen molar-refractivity contribution < 1.29 is 14.3 Å². The number of rotatable bonds is 6. The highest BCUT2D eigenvalue weighted by Gasteiger charge is 2.17. The fourth-order valence-electron chi connectivity index (χ4n) is 3.39. The molecule has 0 fully saturated rings. The van der Waals surface area contributed by atoms with Crippen LogP contribution in [-0.4, -0.2) is 19.2 Å². The summed E-state index contributed by atoms with van der Waals surface area (Å²) in [6, 6.07) is 21.9. The highest BCUT2D eigenvalue weighted by atomic mass is 16.7. The Labute approximate surface area is 170 Å². The van der Waals surface area contributed by atoms with Gasteiger partial charge in [0.2, 0.25) is 12.7 Å². The van der Waals surface area contributed by atoms with E-state index in [1.54, 1.807) is 12.1 Å². The molecule has 5 nitrogen and oxygen atoms in total. The van der Waals surface area contributed by atoms with Crippen LogP contribution in [0, 0.1) is 13.8 Å². The van der Waals surface area contributed by atoms with Gasteiger partial charge in [0.05, 0.1) is 12.6 Å². The maximum Gasteiger partial charge on any atom is 0.238 e. The van der Waals surface area contributed by atoms with Crippen LogP contribution in [0.4, 0.5) is 5.69 Å². The average Bonchev–Trinajstić information content (AvgIpc) is 3.19. The second kappa shape index (κ2) is 8.37. The minimum Gasteiger partial charge on any atom is -0.454 e. The quantitative estimate of drug-likeness (QED) is 0.659. The van der Waals surface area contributed by atoms with E-state index in [4.69, 9.17) is 9.47 Å². The Morgan fingerprint density at radius 2 is 1.69 bits per heavy atom. The van der Waals surface area contributed by atoms with E-state index < -0.39 is 0 Å². The molecule has 1 aliphatic rings. The minimum atomic E-state index is -0.117. The second-order valence-electron chi connectivity index (χ2n) is 7.18. The summed E-state index contributed by atoms with van der Waals surface area (Å²) < 4.78 is 10.7. The van der Waals surface area contributed by atoms with Gasteiger partial charge in [-0.05, 0) is 48.2 Å². The predicted molar refractivity (Wildman–Crippen MR) is 113 cm³/mol. The molecule has 4 rings (SSSR count).